The van der Waals surface area contributed by atoms with E-state index in [2.05, 4.69) is 10.3 Å². The summed E-state index contributed by atoms with van der Waals surface area (Å²) in [7, 11) is 0. The zero-order valence-corrected chi connectivity index (χ0v) is 15.5. The van der Waals surface area contributed by atoms with Crippen LogP contribution in [0.4, 0.5) is 5.82 Å². The van der Waals surface area contributed by atoms with Gasteiger partial charge in [-0.15, -0.1) is 0 Å². The highest BCUT2D eigenvalue weighted by Crippen LogP contribution is 2.27. The van der Waals surface area contributed by atoms with Gasteiger partial charge in [0.1, 0.15) is 29.0 Å². The van der Waals surface area contributed by atoms with E-state index in [1.54, 1.807) is 22.6 Å². The number of nitrogens with zero attached hydrogens (tertiary/aromatic N) is 3. The molecule has 142 valence electrons. The number of aromatic nitrogens is 2. The molecule has 1 aliphatic rings. The second-order valence-electron chi connectivity index (χ2n) is 6.93. The third-order valence-electron chi connectivity index (χ3n) is 5.02. The lowest BCUT2D eigenvalue weighted by atomic mass is 10.0. The van der Waals surface area contributed by atoms with Gasteiger partial charge >= 0.3 is 0 Å². The minimum Gasteiger partial charge on any atom is -0.507 e. The van der Waals surface area contributed by atoms with Gasteiger partial charge in [-0.1, -0.05) is 48.5 Å². The number of pyridine rings is 1. The number of amidine groups is 1. The largest absolute Gasteiger partial charge is 0.507 e. The molecule has 0 aliphatic carbocycles. The van der Waals surface area contributed by atoms with E-state index < -0.39 is 6.04 Å². The first-order valence-electron chi connectivity index (χ1n) is 9.39. The molecule has 0 bridgehead atoms. The van der Waals surface area contributed by atoms with Gasteiger partial charge in [-0.05, 0) is 29.8 Å². The van der Waals surface area contributed by atoms with Crippen LogP contribution in [0.1, 0.15) is 21.6 Å². The van der Waals surface area contributed by atoms with Crippen molar-refractivity contribution < 1.29 is 9.90 Å². The SMILES string of the molecule is O=C1c2c(nc3ccccn23)NC(c2ccccc2O)=N[C@H]1Cc1ccccc1. The summed E-state index contributed by atoms with van der Waals surface area (Å²) >= 11 is 0. The van der Waals surface area contributed by atoms with Crippen LogP contribution in [0, 0.1) is 0 Å². The second kappa shape index (κ2) is 6.91. The molecule has 2 N–H and O–H groups in total. The first-order chi connectivity index (χ1) is 14.2. The highest BCUT2D eigenvalue weighted by atomic mass is 16.3. The van der Waals surface area contributed by atoms with Gasteiger partial charge in [0, 0.05) is 12.6 Å². The van der Waals surface area contributed by atoms with Gasteiger partial charge in [0.2, 0.25) is 5.78 Å². The van der Waals surface area contributed by atoms with Gasteiger partial charge < -0.3 is 10.4 Å². The molecule has 1 aliphatic heterocycles. The lowest BCUT2D eigenvalue weighted by Gasteiger charge is -2.12. The molecule has 0 unspecified atom stereocenters. The number of benzene rings is 2. The Morgan fingerprint density at radius 1 is 0.966 bits per heavy atom. The Hall–Kier alpha value is -3.93. The zero-order valence-electron chi connectivity index (χ0n) is 15.5. The number of para-hydroxylation sites is 1. The fraction of sp³-hybridized carbons (Fsp3) is 0.0870. The van der Waals surface area contributed by atoms with Gasteiger partial charge in [-0.25, -0.2) is 4.98 Å². The topological polar surface area (TPSA) is 79.0 Å². The van der Waals surface area contributed by atoms with E-state index in [0.717, 1.165) is 5.56 Å². The second-order valence-corrected chi connectivity index (χ2v) is 6.93. The number of aliphatic imine (C=N–C) groups is 1. The lowest BCUT2D eigenvalue weighted by molar-refractivity contribution is 0.0958. The molecule has 0 spiro atoms. The first-order valence-corrected chi connectivity index (χ1v) is 9.39. The van der Waals surface area contributed by atoms with Gasteiger partial charge in [0.15, 0.2) is 5.82 Å². The summed E-state index contributed by atoms with van der Waals surface area (Å²) in [4.78, 5) is 22.8. The predicted octanol–water partition coefficient (Wildman–Crippen LogP) is 3.71. The third-order valence-corrected chi connectivity index (χ3v) is 5.02. The number of anilines is 1. The third kappa shape index (κ3) is 3.04. The summed E-state index contributed by atoms with van der Waals surface area (Å²) in [6.07, 6.45) is 2.28. The Morgan fingerprint density at radius 2 is 1.72 bits per heavy atom. The molecule has 6 nitrogen and oxygen atoms in total. The maximum Gasteiger partial charge on any atom is 0.208 e. The van der Waals surface area contributed by atoms with Gasteiger partial charge in [-0.3, -0.25) is 14.2 Å². The lowest BCUT2D eigenvalue weighted by Crippen LogP contribution is -2.23. The average molecular weight is 382 g/mol. The van der Waals surface area contributed by atoms with Crippen LogP contribution < -0.4 is 5.32 Å². The fourth-order valence-corrected chi connectivity index (χ4v) is 3.62. The summed E-state index contributed by atoms with van der Waals surface area (Å²) in [5.41, 5.74) is 2.69. The van der Waals surface area contributed by atoms with Crippen molar-refractivity contribution in [2.75, 3.05) is 5.32 Å². The van der Waals surface area contributed by atoms with E-state index in [0.29, 0.717) is 35.0 Å². The Labute approximate surface area is 167 Å². The molecule has 6 heteroatoms. The van der Waals surface area contributed by atoms with Crippen LogP contribution in [0.2, 0.25) is 0 Å². The molecule has 2 aromatic heterocycles. The number of phenolic OH excluding ortho intramolecular Hbond substituents is 1. The maximum atomic E-state index is 13.5. The van der Waals surface area contributed by atoms with Crippen molar-refractivity contribution >= 4 is 23.1 Å². The van der Waals surface area contributed by atoms with Crippen molar-refractivity contribution in [1.29, 1.82) is 0 Å². The number of hydrogen-bond donors (Lipinski definition) is 2. The molecular weight excluding hydrogens is 364 g/mol. The van der Waals surface area contributed by atoms with Crippen molar-refractivity contribution in [2.24, 2.45) is 4.99 Å². The molecule has 0 fully saturated rings. The number of ketones is 1. The number of hydrogen-bond acceptors (Lipinski definition) is 5. The standard InChI is InChI=1S/C23H18N4O2/c28-18-11-5-4-10-16(18)22-24-17(14-15-8-2-1-3-9-15)21(29)20-23(26-22)25-19-12-6-7-13-27(19)20/h1-13,17,28H,14H2,(H,24,26)/t17-/m0/s1. The number of phenols is 1. The van der Waals surface area contributed by atoms with Crippen LogP contribution in [0.5, 0.6) is 5.75 Å². The molecule has 3 heterocycles. The summed E-state index contributed by atoms with van der Waals surface area (Å²) in [5.74, 6) is 0.857. The Balaban J connectivity index is 1.68. The molecule has 29 heavy (non-hydrogen) atoms. The van der Waals surface area contributed by atoms with Crippen LogP contribution in [-0.4, -0.2) is 32.2 Å². The van der Waals surface area contributed by atoms with E-state index in [1.807, 2.05) is 60.8 Å². The summed E-state index contributed by atoms with van der Waals surface area (Å²) in [6.45, 7) is 0. The Bertz CT molecular complexity index is 1240. The molecule has 4 aromatic rings. The summed E-state index contributed by atoms with van der Waals surface area (Å²) in [5, 5.41) is 13.5. The van der Waals surface area contributed by atoms with Gasteiger partial charge in [-0.2, -0.15) is 0 Å². The summed E-state index contributed by atoms with van der Waals surface area (Å²) in [6, 6.07) is 21.7. The van der Waals surface area contributed by atoms with Crippen LogP contribution in [0.3, 0.4) is 0 Å². The fourth-order valence-electron chi connectivity index (χ4n) is 3.62. The van der Waals surface area contributed by atoms with E-state index in [-0.39, 0.29) is 11.5 Å². The van der Waals surface area contributed by atoms with Crippen molar-refractivity contribution in [3.63, 3.8) is 0 Å². The summed E-state index contributed by atoms with van der Waals surface area (Å²) < 4.78 is 1.78. The van der Waals surface area contributed by atoms with Crippen molar-refractivity contribution in [3.8, 4) is 5.75 Å². The number of carbonyl (C=O) groups is 1. The number of Topliss-reactive ketones (excluding diaryl/α,β-unsaturated/α-hetero) is 1. The maximum absolute atomic E-state index is 13.5. The van der Waals surface area contributed by atoms with Crippen molar-refractivity contribution in [3.05, 3.63) is 95.8 Å². The van der Waals surface area contributed by atoms with Crippen molar-refractivity contribution in [1.82, 2.24) is 9.38 Å². The van der Waals surface area contributed by atoms with Crippen LogP contribution in [0.25, 0.3) is 5.65 Å². The molecule has 0 amide bonds. The van der Waals surface area contributed by atoms with E-state index in [4.69, 9.17) is 4.99 Å². The number of rotatable bonds is 3. The Kier molecular flexibility index (Phi) is 4.09. The van der Waals surface area contributed by atoms with Gasteiger partial charge in [0.25, 0.3) is 0 Å². The molecule has 0 saturated heterocycles. The van der Waals surface area contributed by atoms with Crippen LogP contribution in [0.15, 0.2) is 84.0 Å². The van der Waals surface area contributed by atoms with Crippen LogP contribution >= 0.6 is 0 Å². The predicted molar refractivity (Wildman–Crippen MR) is 112 cm³/mol. The number of imidazole rings is 1. The quantitative estimate of drug-likeness (QED) is 0.566. The normalized spacial score (nSPS) is 16.1. The minimum absolute atomic E-state index is 0.0943. The number of fused-ring (bicyclic) bond motifs is 3. The number of carbonyl (C=O) groups excluding carboxylic acids is 1. The number of nitrogens with one attached hydrogen (secondary N) is 1. The molecule has 2 aromatic carbocycles. The van der Waals surface area contributed by atoms with Gasteiger partial charge in [0.05, 0.1) is 5.56 Å². The smallest absolute Gasteiger partial charge is 0.208 e. The van der Waals surface area contributed by atoms with E-state index in [9.17, 15) is 9.90 Å². The molecule has 0 radical (unpaired) electrons. The highest BCUT2D eigenvalue weighted by molar-refractivity contribution is 6.16. The van der Waals surface area contributed by atoms with Crippen LogP contribution in [-0.2, 0) is 6.42 Å². The number of aromatic hydroxyl groups is 1. The molecular formula is C23H18N4O2. The Morgan fingerprint density at radius 3 is 2.55 bits per heavy atom. The monoisotopic (exact) mass is 382 g/mol. The van der Waals surface area contributed by atoms with E-state index in [1.165, 1.54) is 0 Å². The van der Waals surface area contributed by atoms with E-state index >= 15 is 0 Å². The highest BCUT2D eigenvalue weighted by Gasteiger charge is 2.31. The van der Waals surface area contributed by atoms with Crippen molar-refractivity contribution in [2.45, 2.75) is 12.5 Å². The molecule has 5 rings (SSSR count). The minimum atomic E-state index is -0.638. The first kappa shape index (κ1) is 17.2. The molecule has 1 atom stereocenters. The zero-order chi connectivity index (χ0) is 19.8. The average Bonchev–Trinajstić information content (AvgIpc) is 3.05. The molecule has 0 saturated carbocycles.